The van der Waals surface area contributed by atoms with Gasteiger partial charge in [0.1, 0.15) is 11.0 Å². The first-order chi connectivity index (χ1) is 19.2. The first-order valence-electron chi connectivity index (χ1n) is 14.7. The molecular weight excluding hydrogens is 492 g/mol. The number of likely N-dealkylation sites (tertiary alicyclic amines) is 2. The Balaban J connectivity index is 0.979. The van der Waals surface area contributed by atoms with Crippen molar-refractivity contribution in [2.75, 3.05) is 46.0 Å². The molecule has 3 saturated heterocycles. The van der Waals surface area contributed by atoms with Gasteiger partial charge in [0, 0.05) is 56.1 Å². The molecule has 4 fully saturated rings. The van der Waals surface area contributed by atoms with Crippen molar-refractivity contribution in [3.05, 3.63) is 47.2 Å². The Morgan fingerprint density at radius 2 is 1.72 bits per heavy atom. The van der Waals surface area contributed by atoms with E-state index in [-0.39, 0.29) is 5.91 Å². The summed E-state index contributed by atoms with van der Waals surface area (Å²) in [7, 11) is 0. The standard InChI is InChI=1S/C30H38N6O3/c37-30(25-14-27(22-2-3-22)31-29(15-25)39-19-20-7-11-38-12-8-20)36-17-23-5-9-35(10-6-24(23)18-36)16-21-1-4-26-28(13-21)33-34-32-26/h1,4,13-15,20,22-24H,2-3,5-12,16-19H2,(H,32,33,34). The van der Waals surface area contributed by atoms with Gasteiger partial charge in [0.15, 0.2) is 0 Å². The number of amides is 1. The maximum absolute atomic E-state index is 13.7. The third-order valence-corrected chi connectivity index (χ3v) is 9.15. The van der Waals surface area contributed by atoms with Crippen LogP contribution in [0.5, 0.6) is 5.88 Å². The van der Waals surface area contributed by atoms with Crippen LogP contribution in [-0.2, 0) is 11.3 Å². The second kappa shape index (κ2) is 10.8. The van der Waals surface area contributed by atoms with Gasteiger partial charge >= 0.3 is 0 Å². The highest BCUT2D eigenvalue weighted by Crippen LogP contribution is 2.40. The number of rotatable bonds is 7. The average molecular weight is 531 g/mol. The Bertz CT molecular complexity index is 1300. The van der Waals surface area contributed by atoms with Gasteiger partial charge in [-0.15, -0.1) is 0 Å². The van der Waals surface area contributed by atoms with E-state index in [0.29, 0.717) is 36.2 Å². The van der Waals surface area contributed by atoms with Gasteiger partial charge in [-0.05, 0) is 93.1 Å². The van der Waals surface area contributed by atoms with Crippen LogP contribution in [0, 0.1) is 17.8 Å². The van der Waals surface area contributed by atoms with Crippen LogP contribution in [0.15, 0.2) is 30.3 Å². The van der Waals surface area contributed by atoms with Gasteiger partial charge < -0.3 is 14.4 Å². The molecule has 1 saturated carbocycles. The van der Waals surface area contributed by atoms with E-state index in [1.54, 1.807) is 0 Å². The SMILES string of the molecule is O=C(c1cc(OCC2CCOCC2)nc(C2CC2)c1)N1CC2CCN(Cc3ccc4n[nH]nc4c3)CCC2C1. The number of aromatic amines is 1. The monoisotopic (exact) mass is 530 g/mol. The van der Waals surface area contributed by atoms with Gasteiger partial charge in [0.2, 0.25) is 5.88 Å². The van der Waals surface area contributed by atoms with Crippen molar-refractivity contribution in [1.29, 1.82) is 0 Å². The Labute approximate surface area is 229 Å². The fourth-order valence-electron chi connectivity index (χ4n) is 6.58. The van der Waals surface area contributed by atoms with E-state index in [4.69, 9.17) is 14.5 Å². The Hall–Kier alpha value is -3.04. The van der Waals surface area contributed by atoms with E-state index in [1.165, 1.54) is 5.56 Å². The third-order valence-electron chi connectivity index (χ3n) is 9.15. The van der Waals surface area contributed by atoms with E-state index in [9.17, 15) is 4.79 Å². The number of ether oxygens (including phenoxy) is 2. The molecule has 0 radical (unpaired) electrons. The second-order valence-electron chi connectivity index (χ2n) is 12.0. The number of hydrogen-bond donors (Lipinski definition) is 1. The highest BCUT2D eigenvalue weighted by molar-refractivity contribution is 5.95. The molecular formula is C30H38N6O3. The molecule has 1 N–H and O–H groups in total. The number of benzene rings is 1. The topological polar surface area (TPSA) is 96.5 Å². The molecule has 1 aliphatic carbocycles. The van der Waals surface area contributed by atoms with Crippen LogP contribution in [0.1, 0.15) is 66.1 Å². The summed E-state index contributed by atoms with van der Waals surface area (Å²) >= 11 is 0. The van der Waals surface area contributed by atoms with Gasteiger partial charge in [0.05, 0.1) is 6.61 Å². The molecule has 9 nitrogen and oxygen atoms in total. The predicted octanol–water partition coefficient (Wildman–Crippen LogP) is 4.02. The third kappa shape index (κ3) is 5.65. The summed E-state index contributed by atoms with van der Waals surface area (Å²) in [6.07, 6.45) is 6.62. The fourth-order valence-corrected chi connectivity index (χ4v) is 6.58. The molecule has 39 heavy (non-hydrogen) atoms. The van der Waals surface area contributed by atoms with Crippen molar-refractivity contribution < 1.29 is 14.3 Å². The molecule has 1 aromatic carbocycles. The quantitative estimate of drug-likeness (QED) is 0.493. The number of carbonyl (C=O) groups is 1. The van der Waals surface area contributed by atoms with Gasteiger partial charge in [-0.2, -0.15) is 15.4 Å². The van der Waals surface area contributed by atoms with Crippen molar-refractivity contribution in [3.8, 4) is 5.88 Å². The maximum atomic E-state index is 13.7. The Morgan fingerprint density at radius 1 is 0.949 bits per heavy atom. The van der Waals surface area contributed by atoms with E-state index in [0.717, 1.165) is 107 Å². The molecule has 3 aromatic rings. The lowest BCUT2D eigenvalue weighted by Crippen LogP contribution is -2.31. The van der Waals surface area contributed by atoms with Crippen molar-refractivity contribution in [2.45, 2.75) is 51.0 Å². The summed E-state index contributed by atoms with van der Waals surface area (Å²) in [5.74, 6) is 2.85. The van der Waals surface area contributed by atoms with Crippen molar-refractivity contribution >= 4 is 16.9 Å². The van der Waals surface area contributed by atoms with E-state index in [2.05, 4.69) is 37.3 Å². The number of carbonyl (C=O) groups excluding carboxylic acids is 1. The highest BCUT2D eigenvalue weighted by Gasteiger charge is 2.38. The number of H-pyrrole nitrogens is 1. The number of aromatic nitrogens is 4. The Morgan fingerprint density at radius 3 is 2.49 bits per heavy atom. The first kappa shape index (κ1) is 25.0. The van der Waals surface area contributed by atoms with E-state index in [1.807, 2.05) is 18.2 Å². The van der Waals surface area contributed by atoms with Crippen LogP contribution in [-0.4, -0.2) is 82.1 Å². The van der Waals surface area contributed by atoms with Crippen molar-refractivity contribution in [3.63, 3.8) is 0 Å². The second-order valence-corrected chi connectivity index (χ2v) is 12.0. The van der Waals surface area contributed by atoms with Gasteiger partial charge in [0.25, 0.3) is 5.91 Å². The Kier molecular flexibility index (Phi) is 6.94. The smallest absolute Gasteiger partial charge is 0.254 e. The molecule has 2 atom stereocenters. The fraction of sp³-hybridized carbons (Fsp3) is 0.600. The summed E-state index contributed by atoms with van der Waals surface area (Å²) in [5.41, 5.74) is 4.88. The van der Waals surface area contributed by atoms with Crippen LogP contribution < -0.4 is 4.74 Å². The van der Waals surface area contributed by atoms with E-state index >= 15 is 0 Å². The molecule has 5 heterocycles. The number of nitrogens with one attached hydrogen (secondary N) is 1. The van der Waals surface area contributed by atoms with E-state index < -0.39 is 0 Å². The summed E-state index contributed by atoms with van der Waals surface area (Å²) in [5, 5.41) is 11.1. The predicted molar refractivity (Wildman–Crippen MR) is 147 cm³/mol. The van der Waals surface area contributed by atoms with Crippen LogP contribution in [0.4, 0.5) is 0 Å². The normalized spacial score (nSPS) is 24.6. The lowest BCUT2D eigenvalue weighted by atomic mass is 9.92. The number of fused-ring (bicyclic) bond motifs is 2. The highest BCUT2D eigenvalue weighted by atomic mass is 16.5. The molecule has 2 aromatic heterocycles. The lowest BCUT2D eigenvalue weighted by molar-refractivity contribution is 0.0490. The zero-order chi connectivity index (χ0) is 26.2. The number of nitrogens with zero attached hydrogens (tertiary/aromatic N) is 5. The molecule has 2 unspecified atom stereocenters. The zero-order valence-corrected chi connectivity index (χ0v) is 22.6. The van der Waals surface area contributed by atoms with Crippen LogP contribution in [0.25, 0.3) is 11.0 Å². The maximum Gasteiger partial charge on any atom is 0.254 e. The summed E-state index contributed by atoms with van der Waals surface area (Å²) in [6.45, 7) is 7.01. The minimum absolute atomic E-state index is 0.140. The minimum Gasteiger partial charge on any atom is -0.477 e. The van der Waals surface area contributed by atoms with Crippen LogP contribution in [0.3, 0.4) is 0 Å². The van der Waals surface area contributed by atoms with Crippen LogP contribution in [0.2, 0.25) is 0 Å². The minimum atomic E-state index is 0.140. The molecule has 0 bridgehead atoms. The molecule has 3 aliphatic heterocycles. The zero-order valence-electron chi connectivity index (χ0n) is 22.6. The van der Waals surface area contributed by atoms with Crippen molar-refractivity contribution in [1.82, 2.24) is 30.2 Å². The van der Waals surface area contributed by atoms with Gasteiger partial charge in [-0.1, -0.05) is 6.07 Å². The van der Waals surface area contributed by atoms with Crippen LogP contribution >= 0.6 is 0 Å². The largest absolute Gasteiger partial charge is 0.477 e. The molecule has 9 heteroatoms. The van der Waals surface area contributed by atoms with Crippen molar-refractivity contribution in [2.24, 2.45) is 17.8 Å². The molecule has 7 rings (SSSR count). The first-order valence-corrected chi connectivity index (χ1v) is 14.7. The summed E-state index contributed by atoms with van der Waals surface area (Å²) in [6, 6.07) is 10.2. The number of pyridine rings is 1. The summed E-state index contributed by atoms with van der Waals surface area (Å²) in [4.78, 5) is 23.2. The lowest BCUT2D eigenvalue weighted by Gasteiger charge is -2.23. The molecule has 206 valence electrons. The number of hydrogen-bond acceptors (Lipinski definition) is 7. The summed E-state index contributed by atoms with van der Waals surface area (Å²) < 4.78 is 11.6. The molecule has 4 aliphatic rings. The van der Waals surface area contributed by atoms with Gasteiger partial charge in [-0.3, -0.25) is 9.69 Å². The molecule has 1 amide bonds. The van der Waals surface area contributed by atoms with Gasteiger partial charge in [-0.25, -0.2) is 4.98 Å². The molecule has 0 spiro atoms. The average Bonchev–Trinajstić information content (AvgIpc) is 3.64.